The molecule has 1 aromatic rings. The van der Waals surface area contributed by atoms with Crippen molar-refractivity contribution in [3.8, 4) is 0 Å². The van der Waals surface area contributed by atoms with Crippen LogP contribution >= 0.6 is 0 Å². The average molecular weight is 381 g/mol. The lowest BCUT2D eigenvalue weighted by Gasteiger charge is -2.40. The second-order valence-electron chi connectivity index (χ2n) is 8.31. The van der Waals surface area contributed by atoms with Crippen molar-refractivity contribution in [2.75, 3.05) is 18.5 Å². The molecular formula is C21H27N5O2. The van der Waals surface area contributed by atoms with Crippen LogP contribution < -0.4 is 4.90 Å². The third-order valence-corrected chi connectivity index (χ3v) is 5.68. The van der Waals surface area contributed by atoms with Crippen LogP contribution in [0, 0.1) is 19.8 Å². The fourth-order valence-electron chi connectivity index (χ4n) is 4.07. The van der Waals surface area contributed by atoms with Crippen molar-refractivity contribution in [3.63, 3.8) is 0 Å². The van der Waals surface area contributed by atoms with Crippen molar-refractivity contribution in [2.24, 2.45) is 10.9 Å². The summed E-state index contributed by atoms with van der Waals surface area (Å²) >= 11 is 0. The highest BCUT2D eigenvalue weighted by Gasteiger charge is 2.54. The summed E-state index contributed by atoms with van der Waals surface area (Å²) < 4.78 is 0. The van der Waals surface area contributed by atoms with Gasteiger partial charge in [0, 0.05) is 31.2 Å². The number of rotatable bonds is 3. The van der Waals surface area contributed by atoms with E-state index in [2.05, 4.69) is 36.9 Å². The molecule has 0 radical (unpaired) electrons. The molecule has 0 bridgehead atoms. The standard InChI is InChI=1S/C21H27N5O2/c1-12(2)10-25-19(27)17-18(23(6)21(25)28)22-20-24(17)11-15(5)26(20)16-8-7-13(3)14(4)9-16/h7-9,11-12,17-18H,10H2,1-6H3. The predicted molar refractivity (Wildman–Crippen MR) is 109 cm³/mol. The number of anilines is 1. The van der Waals surface area contributed by atoms with Crippen LogP contribution in [0.4, 0.5) is 10.5 Å². The SMILES string of the molecule is CC1=CN2C(=NC3C2C(=O)N(CC(C)C)C(=O)N3C)N1c1ccc(C)c(C)c1. The molecule has 0 aromatic heterocycles. The van der Waals surface area contributed by atoms with Gasteiger partial charge in [0.05, 0.1) is 0 Å². The van der Waals surface area contributed by atoms with E-state index in [0.29, 0.717) is 12.5 Å². The van der Waals surface area contributed by atoms with E-state index in [0.717, 1.165) is 11.4 Å². The molecule has 0 N–H and O–H groups in total. The van der Waals surface area contributed by atoms with Crippen molar-refractivity contribution in [2.45, 2.75) is 46.8 Å². The molecule has 1 fully saturated rings. The topological polar surface area (TPSA) is 59.5 Å². The normalized spacial score (nSPS) is 24.1. The van der Waals surface area contributed by atoms with E-state index in [-0.39, 0.29) is 17.9 Å². The number of hydrogen-bond acceptors (Lipinski definition) is 5. The highest BCUT2D eigenvalue weighted by molar-refractivity contribution is 6.09. The van der Waals surface area contributed by atoms with Gasteiger partial charge in [0.25, 0.3) is 5.91 Å². The molecule has 1 saturated heterocycles. The van der Waals surface area contributed by atoms with Crippen LogP contribution in [0.5, 0.6) is 0 Å². The summed E-state index contributed by atoms with van der Waals surface area (Å²) in [7, 11) is 1.73. The van der Waals surface area contributed by atoms with Gasteiger partial charge in [-0.15, -0.1) is 0 Å². The summed E-state index contributed by atoms with van der Waals surface area (Å²) in [5, 5.41) is 0. The smallest absolute Gasteiger partial charge is 0.302 e. The second kappa shape index (κ2) is 6.36. The van der Waals surface area contributed by atoms with E-state index in [1.54, 1.807) is 11.9 Å². The number of aliphatic imine (C=N–C) groups is 1. The van der Waals surface area contributed by atoms with Crippen LogP contribution in [-0.2, 0) is 4.79 Å². The van der Waals surface area contributed by atoms with Crippen LogP contribution in [0.15, 0.2) is 35.1 Å². The lowest BCUT2D eigenvalue weighted by Crippen LogP contribution is -2.64. The quantitative estimate of drug-likeness (QED) is 0.808. The van der Waals surface area contributed by atoms with E-state index >= 15 is 0 Å². The van der Waals surface area contributed by atoms with Gasteiger partial charge in [0.1, 0.15) is 0 Å². The first kappa shape index (κ1) is 18.5. The summed E-state index contributed by atoms with van der Waals surface area (Å²) in [6, 6.07) is 5.50. The zero-order valence-corrected chi connectivity index (χ0v) is 17.3. The maximum Gasteiger partial charge on any atom is 0.328 e. The highest BCUT2D eigenvalue weighted by Crippen LogP contribution is 2.37. The minimum absolute atomic E-state index is 0.175. The zero-order chi connectivity index (χ0) is 20.3. The molecule has 7 heteroatoms. The Labute approximate surface area is 165 Å². The lowest BCUT2D eigenvalue weighted by molar-refractivity contribution is -0.137. The third-order valence-electron chi connectivity index (χ3n) is 5.68. The van der Waals surface area contributed by atoms with Gasteiger partial charge >= 0.3 is 6.03 Å². The second-order valence-corrected chi connectivity index (χ2v) is 8.31. The minimum atomic E-state index is -0.511. The fraction of sp³-hybridized carbons (Fsp3) is 0.476. The molecule has 28 heavy (non-hydrogen) atoms. The molecule has 3 aliphatic heterocycles. The summed E-state index contributed by atoms with van der Waals surface area (Å²) in [5.41, 5.74) is 4.44. The number of allylic oxidation sites excluding steroid dienone is 1. The first-order valence-corrected chi connectivity index (χ1v) is 9.71. The van der Waals surface area contributed by atoms with Crippen molar-refractivity contribution >= 4 is 23.6 Å². The molecule has 1 aromatic carbocycles. The summed E-state index contributed by atoms with van der Waals surface area (Å²) in [5.74, 6) is 0.740. The summed E-state index contributed by atoms with van der Waals surface area (Å²) in [6.45, 7) is 10.6. The number of likely N-dealkylation sites (N-methyl/N-ethyl adjacent to an activating group) is 1. The van der Waals surface area contributed by atoms with Gasteiger partial charge in [0.15, 0.2) is 12.2 Å². The maximum absolute atomic E-state index is 13.2. The predicted octanol–water partition coefficient (Wildman–Crippen LogP) is 2.90. The molecule has 2 atom stereocenters. The van der Waals surface area contributed by atoms with Gasteiger partial charge in [-0.05, 0) is 49.9 Å². The zero-order valence-electron chi connectivity index (χ0n) is 17.3. The van der Waals surface area contributed by atoms with E-state index in [9.17, 15) is 9.59 Å². The number of guanidine groups is 1. The van der Waals surface area contributed by atoms with E-state index in [1.807, 2.05) is 31.9 Å². The first-order chi connectivity index (χ1) is 13.2. The molecule has 0 aliphatic carbocycles. The van der Waals surface area contributed by atoms with Crippen molar-refractivity contribution < 1.29 is 9.59 Å². The molecule has 3 aliphatic rings. The highest BCUT2D eigenvalue weighted by atomic mass is 16.2. The van der Waals surface area contributed by atoms with Crippen molar-refractivity contribution in [1.82, 2.24) is 14.7 Å². The minimum Gasteiger partial charge on any atom is -0.302 e. The lowest BCUT2D eigenvalue weighted by atomic mass is 10.1. The van der Waals surface area contributed by atoms with E-state index in [4.69, 9.17) is 4.99 Å². The van der Waals surface area contributed by atoms with Gasteiger partial charge in [-0.2, -0.15) is 0 Å². The molecule has 7 nitrogen and oxygen atoms in total. The Hall–Kier alpha value is -2.83. The van der Waals surface area contributed by atoms with Gasteiger partial charge < -0.3 is 9.80 Å². The largest absolute Gasteiger partial charge is 0.328 e. The maximum atomic E-state index is 13.2. The number of amides is 3. The first-order valence-electron chi connectivity index (χ1n) is 9.71. The molecule has 0 saturated carbocycles. The van der Waals surface area contributed by atoms with Crippen LogP contribution in [0.2, 0.25) is 0 Å². The number of carbonyl (C=O) groups is 2. The third kappa shape index (κ3) is 2.60. The molecule has 0 spiro atoms. The Morgan fingerprint density at radius 2 is 1.82 bits per heavy atom. The number of benzene rings is 1. The molecule has 3 amide bonds. The van der Waals surface area contributed by atoms with Crippen LogP contribution in [0.25, 0.3) is 0 Å². The number of nitrogens with zero attached hydrogens (tertiary/aromatic N) is 5. The van der Waals surface area contributed by atoms with Gasteiger partial charge in [-0.25, -0.2) is 9.79 Å². The fourth-order valence-corrected chi connectivity index (χ4v) is 4.07. The molecule has 4 rings (SSSR count). The van der Waals surface area contributed by atoms with Crippen molar-refractivity contribution in [1.29, 1.82) is 0 Å². The Morgan fingerprint density at radius 3 is 2.46 bits per heavy atom. The van der Waals surface area contributed by atoms with E-state index < -0.39 is 12.2 Å². The number of fused-ring (bicyclic) bond motifs is 3. The molecule has 3 heterocycles. The van der Waals surface area contributed by atoms with Crippen LogP contribution in [0.1, 0.15) is 31.9 Å². The monoisotopic (exact) mass is 381 g/mol. The Balaban J connectivity index is 1.72. The van der Waals surface area contributed by atoms with Crippen LogP contribution in [0.3, 0.4) is 0 Å². The Morgan fingerprint density at radius 1 is 1.11 bits per heavy atom. The Kier molecular flexibility index (Phi) is 4.21. The number of aryl methyl sites for hydroxylation is 2. The van der Waals surface area contributed by atoms with Crippen LogP contribution in [-0.4, -0.2) is 58.4 Å². The van der Waals surface area contributed by atoms with E-state index in [1.165, 1.54) is 16.0 Å². The number of imide groups is 1. The summed E-state index contributed by atoms with van der Waals surface area (Å²) in [4.78, 5) is 37.7. The van der Waals surface area contributed by atoms with Gasteiger partial charge in [-0.1, -0.05) is 19.9 Å². The number of carbonyl (C=O) groups excluding carboxylic acids is 2. The summed E-state index contributed by atoms with van der Waals surface area (Å²) in [6.07, 6.45) is 1.46. The molecular weight excluding hydrogens is 354 g/mol. The number of hydrogen-bond donors (Lipinski definition) is 0. The van der Waals surface area contributed by atoms with Gasteiger partial charge in [0.2, 0.25) is 5.96 Å². The Bertz CT molecular complexity index is 919. The molecule has 148 valence electrons. The van der Waals surface area contributed by atoms with Crippen molar-refractivity contribution in [3.05, 3.63) is 41.2 Å². The number of urea groups is 1. The molecule has 2 unspecified atom stereocenters. The average Bonchev–Trinajstić information content (AvgIpc) is 3.14. The van der Waals surface area contributed by atoms with Gasteiger partial charge in [-0.3, -0.25) is 14.6 Å².